The predicted molar refractivity (Wildman–Crippen MR) is 74.1 cm³/mol. The lowest BCUT2D eigenvalue weighted by atomic mass is 9.88. The number of sulfonamides is 1. The molecule has 1 aliphatic carbocycles. The summed E-state index contributed by atoms with van der Waals surface area (Å²) < 4.78 is 27.3. The van der Waals surface area contributed by atoms with E-state index in [0.717, 1.165) is 19.3 Å². The summed E-state index contributed by atoms with van der Waals surface area (Å²) in [4.78, 5) is 0.267. The SMILES string of the molecule is CC1CCCC(NS(=O)(=O)c2ccc(CO)cc2)C1. The van der Waals surface area contributed by atoms with Gasteiger partial charge >= 0.3 is 0 Å². The van der Waals surface area contributed by atoms with Crippen LogP contribution in [0, 0.1) is 5.92 Å². The third kappa shape index (κ3) is 3.78. The Bertz CT molecular complexity index is 510. The Labute approximate surface area is 114 Å². The van der Waals surface area contributed by atoms with E-state index in [2.05, 4.69) is 11.6 Å². The second-order valence-electron chi connectivity index (χ2n) is 5.39. The number of rotatable bonds is 4. The van der Waals surface area contributed by atoms with E-state index < -0.39 is 10.0 Å². The van der Waals surface area contributed by atoms with Crippen molar-refractivity contribution >= 4 is 10.0 Å². The Morgan fingerprint density at radius 1 is 1.26 bits per heavy atom. The molecule has 106 valence electrons. The van der Waals surface area contributed by atoms with Gasteiger partial charge < -0.3 is 5.11 Å². The minimum atomic E-state index is -3.44. The molecule has 0 aliphatic heterocycles. The van der Waals surface area contributed by atoms with Crippen LogP contribution in [0.5, 0.6) is 0 Å². The number of aliphatic hydroxyl groups is 1. The molecule has 5 heteroatoms. The summed E-state index contributed by atoms with van der Waals surface area (Å²) in [6, 6.07) is 6.41. The molecule has 1 saturated carbocycles. The van der Waals surface area contributed by atoms with Crippen molar-refractivity contribution in [3.8, 4) is 0 Å². The van der Waals surface area contributed by atoms with Gasteiger partial charge in [0, 0.05) is 6.04 Å². The van der Waals surface area contributed by atoms with Crippen molar-refractivity contribution in [2.45, 2.75) is 50.2 Å². The van der Waals surface area contributed by atoms with E-state index in [1.54, 1.807) is 24.3 Å². The molecule has 1 aromatic rings. The van der Waals surface area contributed by atoms with Crippen LogP contribution < -0.4 is 4.72 Å². The molecule has 4 nitrogen and oxygen atoms in total. The first-order valence-corrected chi connectivity index (χ1v) is 8.21. The van der Waals surface area contributed by atoms with Gasteiger partial charge in [0.05, 0.1) is 11.5 Å². The van der Waals surface area contributed by atoms with Crippen molar-refractivity contribution in [3.05, 3.63) is 29.8 Å². The Kier molecular flexibility index (Phi) is 4.60. The highest BCUT2D eigenvalue weighted by Crippen LogP contribution is 2.24. The smallest absolute Gasteiger partial charge is 0.240 e. The molecule has 2 rings (SSSR count). The standard InChI is InChI=1S/C14H21NO3S/c1-11-3-2-4-13(9-11)15-19(17,18)14-7-5-12(10-16)6-8-14/h5-8,11,13,15-16H,2-4,9-10H2,1H3. The molecule has 0 radical (unpaired) electrons. The molecule has 0 amide bonds. The lowest BCUT2D eigenvalue weighted by Gasteiger charge is -2.27. The summed E-state index contributed by atoms with van der Waals surface area (Å²) in [5.74, 6) is 0.582. The van der Waals surface area contributed by atoms with Gasteiger partial charge in [-0.3, -0.25) is 0 Å². The lowest BCUT2D eigenvalue weighted by molar-refractivity contribution is 0.281. The van der Waals surface area contributed by atoms with E-state index in [9.17, 15) is 8.42 Å². The van der Waals surface area contributed by atoms with Crippen LogP contribution in [0.2, 0.25) is 0 Å². The maximum Gasteiger partial charge on any atom is 0.240 e. The predicted octanol–water partition coefficient (Wildman–Crippen LogP) is 2.04. The van der Waals surface area contributed by atoms with Crippen LogP contribution in [0.4, 0.5) is 0 Å². The number of nitrogens with one attached hydrogen (secondary N) is 1. The molecule has 1 aliphatic rings. The van der Waals surface area contributed by atoms with Gasteiger partial charge in [0.1, 0.15) is 0 Å². The second-order valence-corrected chi connectivity index (χ2v) is 7.11. The zero-order valence-electron chi connectivity index (χ0n) is 11.2. The maximum absolute atomic E-state index is 12.2. The van der Waals surface area contributed by atoms with E-state index in [1.807, 2.05) is 0 Å². The molecule has 2 N–H and O–H groups in total. The fraction of sp³-hybridized carbons (Fsp3) is 0.571. The Morgan fingerprint density at radius 2 is 1.95 bits per heavy atom. The van der Waals surface area contributed by atoms with Crippen molar-refractivity contribution < 1.29 is 13.5 Å². The normalized spacial score (nSPS) is 24.3. The number of hydrogen-bond donors (Lipinski definition) is 2. The molecule has 1 fully saturated rings. The second kappa shape index (κ2) is 6.03. The molecular weight excluding hydrogens is 262 g/mol. The van der Waals surface area contributed by atoms with E-state index >= 15 is 0 Å². The molecule has 2 unspecified atom stereocenters. The minimum Gasteiger partial charge on any atom is -0.392 e. The van der Waals surface area contributed by atoms with Gasteiger partial charge in [-0.25, -0.2) is 13.1 Å². The van der Waals surface area contributed by atoms with E-state index in [1.165, 1.54) is 6.42 Å². The first kappa shape index (κ1) is 14.5. The maximum atomic E-state index is 12.2. The van der Waals surface area contributed by atoms with Crippen LogP contribution in [0.25, 0.3) is 0 Å². The Morgan fingerprint density at radius 3 is 2.53 bits per heavy atom. The largest absolute Gasteiger partial charge is 0.392 e. The zero-order chi connectivity index (χ0) is 13.9. The Hall–Kier alpha value is -0.910. The Balaban J connectivity index is 2.08. The van der Waals surface area contributed by atoms with E-state index in [-0.39, 0.29) is 17.5 Å². The van der Waals surface area contributed by atoms with Crippen molar-refractivity contribution in [2.24, 2.45) is 5.92 Å². The van der Waals surface area contributed by atoms with Crippen molar-refractivity contribution in [2.75, 3.05) is 0 Å². The third-order valence-corrected chi connectivity index (χ3v) is 5.21. The highest BCUT2D eigenvalue weighted by molar-refractivity contribution is 7.89. The summed E-state index contributed by atoms with van der Waals surface area (Å²) in [7, 11) is -3.44. The van der Waals surface area contributed by atoms with Crippen molar-refractivity contribution in [3.63, 3.8) is 0 Å². The van der Waals surface area contributed by atoms with Gasteiger partial charge in [-0.15, -0.1) is 0 Å². The monoisotopic (exact) mass is 283 g/mol. The minimum absolute atomic E-state index is 0.0475. The molecule has 19 heavy (non-hydrogen) atoms. The van der Waals surface area contributed by atoms with Crippen LogP contribution in [0.3, 0.4) is 0 Å². The molecule has 0 heterocycles. The van der Waals surface area contributed by atoms with Crippen LogP contribution in [-0.4, -0.2) is 19.6 Å². The van der Waals surface area contributed by atoms with Gasteiger partial charge in [-0.2, -0.15) is 0 Å². The molecule has 1 aromatic carbocycles. The van der Waals surface area contributed by atoms with Crippen molar-refractivity contribution in [1.82, 2.24) is 4.72 Å². The quantitative estimate of drug-likeness (QED) is 0.888. The van der Waals surface area contributed by atoms with Gasteiger partial charge in [0.15, 0.2) is 0 Å². The summed E-state index contributed by atoms with van der Waals surface area (Å²) in [6.07, 6.45) is 4.09. The molecule has 2 atom stereocenters. The summed E-state index contributed by atoms with van der Waals surface area (Å²) in [5.41, 5.74) is 0.713. The molecular formula is C14H21NO3S. The van der Waals surface area contributed by atoms with Gasteiger partial charge in [-0.1, -0.05) is 31.9 Å². The lowest BCUT2D eigenvalue weighted by Crippen LogP contribution is -2.37. The molecule has 0 spiro atoms. The third-order valence-electron chi connectivity index (χ3n) is 3.67. The first-order valence-electron chi connectivity index (χ1n) is 6.73. The van der Waals surface area contributed by atoms with Gasteiger partial charge in [-0.05, 0) is 36.5 Å². The molecule has 0 aromatic heterocycles. The van der Waals surface area contributed by atoms with Crippen LogP contribution in [0.1, 0.15) is 38.2 Å². The number of aliphatic hydroxyl groups excluding tert-OH is 1. The molecule has 0 saturated heterocycles. The zero-order valence-corrected chi connectivity index (χ0v) is 12.0. The van der Waals surface area contributed by atoms with Crippen LogP contribution in [-0.2, 0) is 16.6 Å². The van der Waals surface area contributed by atoms with Crippen LogP contribution in [0.15, 0.2) is 29.2 Å². The summed E-state index contributed by atoms with van der Waals surface area (Å²) >= 11 is 0. The van der Waals surface area contributed by atoms with Gasteiger partial charge in [0.2, 0.25) is 10.0 Å². The fourth-order valence-corrected chi connectivity index (χ4v) is 3.89. The molecule has 0 bridgehead atoms. The van der Waals surface area contributed by atoms with E-state index in [4.69, 9.17) is 5.11 Å². The average molecular weight is 283 g/mol. The summed E-state index contributed by atoms with van der Waals surface area (Å²) in [6.45, 7) is 2.09. The average Bonchev–Trinajstić information content (AvgIpc) is 2.38. The van der Waals surface area contributed by atoms with Crippen LogP contribution >= 0.6 is 0 Å². The number of benzene rings is 1. The number of hydrogen-bond acceptors (Lipinski definition) is 3. The van der Waals surface area contributed by atoms with Crippen molar-refractivity contribution in [1.29, 1.82) is 0 Å². The van der Waals surface area contributed by atoms with Gasteiger partial charge in [0.25, 0.3) is 0 Å². The summed E-state index contributed by atoms with van der Waals surface area (Å²) in [5, 5.41) is 8.96. The first-order chi connectivity index (χ1) is 9.01. The fourth-order valence-electron chi connectivity index (χ4n) is 2.60. The highest BCUT2D eigenvalue weighted by atomic mass is 32.2. The van der Waals surface area contributed by atoms with E-state index in [0.29, 0.717) is 11.5 Å². The highest BCUT2D eigenvalue weighted by Gasteiger charge is 2.24. The topological polar surface area (TPSA) is 66.4 Å².